The van der Waals surface area contributed by atoms with Gasteiger partial charge in [0, 0.05) is 31.4 Å². The van der Waals surface area contributed by atoms with Crippen molar-refractivity contribution in [3.8, 4) is 5.75 Å². The van der Waals surface area contributed by atoms with Crippen LogP contribution in [0.3, 0.4) is 0 Å². The largest absolute Gasteiger partial charge is 0.493 e. The lowest BCUT2D eigenvalue weighted by Crippen LogP contribution is -2.38. The maximum Gasteiger partial charge on any atom is 0.191 e. The van der Waals surface area contributed by atoms with Crippen LogP contribution in [-0.4, -0.2) is 35.4 Å². The first-order chi connectivity index (χ1) is 13.5. The lowest BCUT2D eigenvalue weighted by Gasteiger charge is -2.13. The van der Waals surface area contributed by atoms with Crippen LogP contribution in [0.15, 0.2) is 23.2 Å². The van der Waals surface area contributed by atoms with Gasteiger partial charge in [0.2, 0.25) is 0 Å². The number of halogens is 1. The molecule has 1 heterocycles. The number of rotatable bonds is 9. The lowest BCUT2D eigenvalue weighted by molar-refractivity contribution is 0.314. The monoisotopic (exact) mass is 513 g/mol. The highest BCUT2D eigenvalue weighted by Gasteiger charge is 2.09. The Bertz CT molecular complexity index is 801. The van der Waals surface area contributed by atoms with E-state index in [4.69, 9.17) is 9.73 Å². The van der Waals surface area contributed by atoms with Gasteiger partial charge in [-0.05, 0) is 57.7 Å². The van der Waals surface area contributed by atoms with Gasteiger partial charge >= 0.3 is 0 Å². The fraction of sp³-hybridized carbons (Fsp3) is 0.545. The van der Waals surface area contributed by atoms with Crippen LogP contribution in [0.25, 0.3) is 0 Å². The zero-order valence-corrected chi connectivity index (χ0v) is 21.0. The number of benzene rings is 1. The van der Waals surface area contributed by atoms with Crippen molar-refractivity contribution in [1.82, 2.24) is 20.4 Å². The third-order valence-corrected chi connectivity index (χ3v) is 4.76. The van der Waals surface area contributed by atoms with Gasteiger partial charge in [0.1, 0.15) is 5.75 Å². The molecule has 0 spiro atoms. The molecule has 0 aliphatic carbocycles. The summed E-state index contributed by atoms with van der Waals surface area (Å²) in [5.41, 5.74) is 5.93. The van der Waals surface area contributed by atoms with E-state index in [0.29, 0.717) is 6.54 Å². The Balaban J connectivity index is 0.00000420. The number of guanidine groups is 1. The average Bonchev–Trinajstić information content (AvgIpc) is 2.91. The Morgan fingerprint density at radius 1 is 1.17 bits per heavy atom. The molecule has 0 bridgehead atoms. The van der Waals surface area contributed by atoms with Crippen LogP contribution in [0.5, 0.6) is 5.75 Å². The van der Waals surface area contributed by atoms with Crippen molar-refractivity contribution in [3.05, 3.63) is 46.3 Å². The summed E-state index contributed by atoms with van der Waals surface area (Å²) >= 11 is 0. The van der Waals surface area contributed by atoms with Crippen molar-refractivity contribution in [1.29, 1.82) is 0 Å². The minimum atomic E-state index is 0. The van der Waals surface area contributed by atoms with E-state index in [0.717, 1.165) is 55.5 Å². The van der Waals surface area contributed by atoms with Gasteiger partial charge in [0.15, 0.2) is 5.96 Å². The Labute approximate surface area is 192 Å². The normalized spacial score (nSPS) is 11.2. The Morgan fingerprint density at radius 3 is 2.55 bits per heavy atom. The van der Waals surface area contributed by atoms with Gasteiger partial charge in [-0.3, -0.25) is 4.68 Å². The number of aromatic nitrogens is 2. The van der Waals surface area contributed by atoms with Crippen LogP contribution in [0.2, 0.25) is 0 Å². The molecule has 29 heavy (non-hydrogen) atoms. The van der Waals surface area contributed by atoms with Crippen molar-refractivity contribution in [2.45, 2.75) is 54.0 Å². The van der Waals surface area contributed by atoms with E-state index in [2.05, 4.69) is 68.6 Å². The van der Waals surface area contributed by atoms with Crippen LogP contribution in [0.1, 0.15) is 48.3 Å². The molecular weight excluding hydrogens is 477 g/mol. The van der Waals surface area contributed by atoms with Gasteiger partial charge < -0.3 is 15.4 Å². The number of aryl methyl sites for hydroxylation is 3. The van der Waals surface area contributed by atoms with Crippen molar-refractivity contribution in [2.75, 3.05) is 19.7 Å². The van der Waals surface area contributed by atoms with E-state index in [9.17, 15) is 0 Å². The van der Waals surface area contributed by atoms with Gasteiger partial charge in [-0.1, -0.05) is 19.1 Å². The Hall–Kier alpha value is -1.77. The van der Waals surface area contributed by atoms with E-state index in [1.165, 1.54) is 16.8 Å². The number of hydrogen-bond donors (Lipinski definition) is 2. The van der Waals surface area contributed by atoms with Crippen LogP contribution in [0.4, 0.5) is 0 Å². The predicted octanol–water partition coefficient (Wildman–Crippen LogP) is 4.05. The molecule has 1 aromatic heterocycles. The van der Waals surface area contributed by atoms with Gasteiger partial charge in [-0.15, -0.1) is 24.0 Å². The Morgan fingerprint density at radius 2 is 1.93 bits per heavy atom. The van der Waals surface area contributed by atoms with Crippen LogP contribution in [-0.2, 0) is 20.0 Å². The molecular formula is C22H36IN5O. The average molecular weight is 513 g/mol. The highest BCUT2D eigenvalue weighted by atomic mass is 127. The van der Waals surface area contributed by atoms with Gasteiger partial charge in [-0.2, -0.15) is 5.10 Å². The molecule has 0 aliphatic heterocycles. The molecule has 0 unspecified atom stereocenters. The SMILES string of the molecule is CCCOc1cc(C)ccc1CN=C(NCC)NCCc1c(C)nn(C)c1C.I. The van der Waals surface area contributed by atoms with Crippen molar-refractivity contribution in [2.24, 2.45) is 12.0 Å². The second kappa shape index (κ2) is 12.7. The maximum absolute atomic E-state index is 5.91. The summed E-state index contributed by atoms with van der Waals surface area (Å²) in [6.07, 6.45) is 1.92. The molecule has 0 radical (unpaired) electrons. The topological polar surface area (TPSA) is 63.5 Å². The van der Waals surface area contributed by atoms with Gasteiger partial charge in [0.05, 0.1) is 18.8 Å². The molecule has 2 rings (SSSR count). The fourth-order valence-electron chi connectivity index (χ4n) is 3.13. The fourth-order valence-corrected chi connectivity index (χ4v) is 3.13. The molecule has 0 fully saturated rings. The lowest BCUT2D eigenvalue weighted by atomic mass is 10.1. The third-order valence-electron chi connectivity index (χ3n) is 4.76. The second-order valence-electron chi connectivity index (χ2n) is 7.10. The molecule has 0 amide bonds. The molecule has 0 saturated heterocycles. The summed E-state index contributed by atoms with van der Waals surface area (Å²) < 4.78 is 7.85. The van der Waals surface area contributed by atoms with E-state index < -0.39 is 0 Å². The van der Waals surface area contributed by atoms with E-state index in [-0.39, 0.29) is 24.0 Å². The molecule has 162 valence electrons. The summed E-state index contributed by atoms with van der Waals surface area (Å²) in [5, 5.41) is 11.3. The number of nitrogens with zero attached hydrogens (tertiary/aromatic N) is 3. The zero-order valence-electron chi connectivity index (χ0n) is 18.6. The number of ether oxygens (including phenoxy) is 1. The van der Waals surface area contributed by atoms with Crippen molar-refractivity contribution < 1.29 is 4.74 Å². The van der Waals surface area contributed by atoms with Gasteiger partial charge in [0.25, 0.3) is 0 Å². The standard InChI is InChI=1S/C22H35N5O.HI/c1-7-13-28-21-14-16(3)9-10-19(21)15-25-22(23-8-2)24-12-11-20-17(4)26-27(6)18(20)5;/h9-10,14H,7-8,11-13,15H2,1-6H3,(H2,23,24,25);1H. The molecule has 0 aliphatic rings. The first kappa shape index (κ1) is 25.3. The first-order valence-corrected chi connectivity index (χ1v) is 10.2. The minimum Gasteiger partial charge on any atom is -0.493 e. The van der Waals surface area contributed by atoms with E-state index in [1.54, 1.807) is 0 Å². The molecule has 2 aromatic rings. The molecule has 7 heteroatoms. The smallest absolute Gasteiger partial charge is 0.191 e. The minimum absolute atomic E-state index is 0. The van der Waals surface area contributed by atoms with E-state index in [1.807, 2.05) is 11.7 Å². The van der Waals surface area contributed by atoms with Crippen molar-refractivity contribution >= 4 is 29.9 Å². The van der Waals surface area contributed by atoms with Crippen LogP contribution >= 0.6 is 24.0 Å². The second-order valence-corrected chi connectivity index (χ2v) is 7.10. The van der Waals surface area contributed by atoms with Crippen LogP contribution in [0, 0.1) is 20.8 Å². The predicted molar refractivity (Wildman–Crippen MR) is 132 cm³/mol. The number of nitrogens with one attached hydrogen (secondary N) is 2. The number of hydrogen-bond acceptors (Lipinski definition) is 3. The third kappa shape index (κ3) is 7.53. The number of aliphatic imine (C=N–C) groups is 1. The first-order valence-electron chi connectivity index (χ1n) is 10.2. The molecule has 2 N–H and O–H groups in total. The Kier molecular flexibility index (Phi) is 11.1. The quantitative estimate of drug-likeness (QED) is 0.302. The zero-order chi connectivity index (χ0) is 20.5. The van der Waals surface area contributed by atoms with Crippen molar-refractivity contribution in [3.63, 3.8) is 0 Å². The highest BCUT2D eigenvalue weighted by molar-refractivity contribution is 14.0. The van der Waals surface area contributed by atoms with E-state index >= 15 is 0 Å². The molecule has 1 aromatic carbocycles. The summed E-state index contributed by atoms with van der Waals surface area (Å²) in [7, 11) is 1.99. The highest BCUT2D eigenvalue weighted by Crippen LogP contribution is 2.21. The molecule has 0 saturated carbocycles. The molecule has 6 nitrogen and oxygen atoms in total. The van der Waals surface area contributed by atoms with Gasteiger partial charge in [-0.25, -0.2) is 4.99 Å². The summed E-state index contributed by atoms with van der Waals surface area (Å²) in [4.78, 5) is 4.76. The summed E-state index contributed by atoms with van der Waals surface area (Å²) in [5.74, 6) is 1.76. The molecule has 0 atom stereocenters. The summed E-state index contributed by atoms with van der Waals surface area (Å²) in [6.45, 7) is 13.4. The van der Waals surface area contributed by atoms with Crippen LogP contribution < -0.4 is 15.4 Å². The summed E-state index contributed by atoms with van der Waals surface area (Å²) in [6, 6.07) is 6.31. The maximum atomic E-state index is 5.91.